The Labute approximate surface area is 119 Å². The van der Waals surface area contributed by atoms with Crippen LogP contribution in [0.4, 0.5) is 8.78 Å². The molecule has 19 heavy (non-hydrogen) atoms. The van der Waals surface area contributed by atoms with Gasteiger partial charge in [0.25, 0.3) is 0 Å². The van der Waals surface area contributed by atoms with E-state index in [9.17, 15) is 9.18 Å². The van der Waals surface area contributed by atoms with Gasteiger partial charge in [-0.3, -0.25) is 4.79 Å². The van der Waals surface area contributed by atoms with Crippen LogP contribution in [0.3, 0.4) is 0 Å². The summed E-state index contributed by atoms with van der Waals surface area (Å²) in [5, 5.41) is 0. The SMILES string of the molecule is CC(=O)N1CC[C@](F)(c2cc(Br)cnc2F)[C@@H](C)C1. The van der Waals surface area contributed by atoms with Crippen molar-refractivity contribution in [3.8, 4) is 0 Å². The van der Waals surface area contributed by atoms with Gasteiger partial charge >= 0.3 is 0 Å². The maximum Gasteiger partial charge on any atom is 0.219 e. The molecule has 0 bridgehead atoms. The van der Waals surface area contributed by atoms with E-state index in [-0.39, 0.29) is 24.4 Å². The third-order valence-corrected chi connectivity index (χ3v) is 4.15. The van der Waals surface area contributed by atoms with Crippen LogP contribution in [0, 0.1) is 11.9 Å². The van der Waals surface area contributed by atoms with Crippen LogP contribution in [0.5, 0.6) is 0 Å². The van der Waals surface area contributed by atoms with Crippen molar-refractivity contribution in [1.82, 2.24) is 9.88 Å². The Hall–Kier alpha value is -1.04. The molecule has 0 aromatic carbocycles. The maximum atomic E-state index is 15.1. The summed E-state index contributed by atoms with van der Waals surface area (Å²) in [6.45, 7) is 3.73. The van der Waals surface area contributed by atoms with Gasteiger partial charge in [-0.2, -0.15) is 4.39 Å². The Morgan fingerprint density at radius 2 is 2.32 bits per heavy atom. The van der Waals surface area contributed by atoms with E-state index in [4.69, 9.17) is 0 Å². The lowest BCUT2D eigenvalue weighted by Gasteiger charge is -2.41. The van der Waals surface area contributed by atoms with Crippen molar-refractivity contribution >= 4 is 21.8 Å². The second-order valence-electron chi connectivity index (χ2n) is 4.97. The van der Waals surface area contributed by atoms with Crippen molar-refractivity contribution in [2.75, 3.05) is 13.1 Å². The predicted octanol–water partition coefficient (Wildman–Crippen LogP) is 3.04. The third kappa shape index (κ3) is 2.63. The molecule has 1 aliphatic heterocycles. The first-order valence-electron chi connectivity index (χ1n) is 6.10. The number of amides is 1. The molecule has 1 aliphatic rings. The van der Waals surface area contributed by atoms with E-state index in [0.717, 1.165) is 0 Å². The second kappa shape index (κ2) is 5.15. The highest BCUT2D eigenvalue weighted by Gasteiger charge is 2.45. The molecule has 1 aromatic heterocycles. The average Bonchev–Trinajstić information content (AvgIpc) is 2.35. The van der Waals surface area contributed by atoms with Crippen molar-refractivity contribution in [1.29, 1.82) is 0 Å². The molecule has 6 heteroatoms. The van der Waals surface area contributed by atoms with Gasteiger partial charge in [0.1, 0.15) is 5.67 Å². The van der Waals surface area contributed by atoms with Crippen LogP contribution < -0.4 is 0 Å². The largest absolute Gasteiger partial charge is 0.342 e. The first-order valence-corrected chi connectivity index (χ1v) is 6.90. The van der Waals surface area contributed by atoms with E-state index < -0.39 is 17.5 Å². The summed E-state index contributed by atoms with van der Waals surface area (Å²) < 4.78 is 29.5. The van der Waals surface area contributed by atoms with Crippen molar-refractivity contribution in [3.63, 3.8) is 0 Å². The fourth-order valence-electron chi connectivity index (χ4n) is 2.51. The summed E-state index contributed by atoms with van der Waals surface area (Å²) in [6.07, 6.45) is 1.39. The smallest absolute Gasteiger partial charge is 0.219 e. The lowest BCUT2D eigenvalue weighted by Crippen LogP contribution is -2.48. The number of carbonyl (C=O) groups excluding carboxylic acids is 1. The fourth-order valence-corrected chi connectivity index (χ4v) is 2.84. The first kappa shape index (κ1) is 14.4. The molecule has 0 saturated carbocycles. The van der Waals surface area contributed by atoms with Crippen LogP contribution in [-0.4, -0.2) is 28.9 Å². The normalized spacial score (nSPS) is 27.4. The number of pyridine rings is 1. The lowest BCUT2D eigenvalue weighted by molar-refractivity contribution is -0.133. The zero-order chi connectivity index (χ0) is 14.2. The summed E-state index contributed by atoms with van der Waals surface area (Å²) in [5.41, 5.74) is -1.81. The summed E-state index contributed by atoms with van der Waals surface area (Å²) in [7, 11) is 0. The number of alkyl halides is 1. The minimum Gasteiger partial charge on any atom is -0.342 e. The second-order valence-corrected chi connectivity index (χ2v) is 5.89. The highest BCUT2D eigenvalue weighted by Crippen LogP contribution is 2.42. The maximum absolute atomic E-state index is 15.1. The summed E-state index contributed by atoms with van der Waals surface area (Å²) in [4.78, 5) is 16.5. The fraction of sp³-hybridized carbons (Fsp3) is 0.538. The van der Waals surface area contributed by atoms with Crippen LogP contribution in [0.1, 0.15) is 25.8 Å². The number of nitrogens with zero attached hydrogens (tertiary/aromatic N) is 2. The van der Waals surface area contributed by atoms with Gasteiger partial charge < -0.3 is 4.90 Å². The van der Waals surface area contributed by atoms with Crippen LogP contribution in [0.15, 0.2) is 16.7 Å². The van der Waals surface area contributed by atoms with Gasteiger partial charge in [0.05, 0.1) is 0 Å². The van der Waals surface area contributed by atoms with Gasteiger partial charge in [0, 0.05) is 48.6 Å². The predicted molar refractivity (Wildman–Crippen MR) is 70.7 cm³/mol. The topological polar surface area (TPSA) is 33.2 Å². The number of piperidine rings is 1. The molecule has 2 heterocycles. The Balaban J connectivity index is 2.33. The number of hydrogen-bond donors (Lipinski definition) is 0. The molecule has 0 spiro atoms. The standard InChI is InChI=1S/C13H15BrF2N2O/c1-8-7-18(9(2)19)4-3-13(8,16)11-5-10(14)6-17-12(11)15/h5-6,8H,3-4,7H2,1-2H3/t8-,13+/m0/s1. The molecule has 3 nitrogen and oxygen atoms in total. The number of carbonyl (C=O) groups is 1. The van der Waals surface area contributed by atoms with Gasteiger partial charge in [-0.1, -0.05) is 6.92 Å². The van der Waals surface area contributed by atoms with Crippen molar-refractivity contribution in [2.45, 2.75) is 25.9 Å². The monoisotopic (exact) mass is 332 g/mol. The average molecular weight is 333 g/mol. The van der Waals surface area contributed by atoms with Crippen LogP contribution >= 0.6 is 15.9 Å². The Kier molecular flexibility index (Phi) is 3.90. The number of rotatable bonds is 1. The van der Waals surface area contributed by atoms with Gasteiger partial charge in [-0.05, 0) is 22.0 Å². The molecular weight excluding hydrogens is 318 g/mol. The van der Waals surface area contributed by atoms with Gasteiger partial charge in [0.15, 0.2) is 0 Å². The van der Waals surface area contributed by atoms with Gasteiger partial charge in [-0.15, -0.1) is 0 Å². The van der Waals surface area contributed by atoms with E-state index in [1.807, 2.05) is 0 Å². The van der Waals surface area contributed by atoms with E-state index in [1.54, 1.807) is 11.8 Å². The molecule has 2 atom stereocenters. The molecule has 0 radical (unpaired) electrons. The molecule has 1 aromatic rings. The summed E-state index contributed by atoms with van der Waals surface area (Å²) >= 11 is 3.18. The van der Waals surface area contributed by atoms with Gasteiger partial charge in [-0.25, -0.2) is 9.37 Å². The Bertz CT molecular complexity index is 511. The van der Waals surface area contributed by atoms with Crippen LogP contribution in [0.25, 0.3) is 0 Å². The van der Waals surface area contributed by atoms with E-state index >= 15 is 4.39 Å². The molecule has 0 N–H and O–H groups in total. The quantitative estimate of drug-likeness (QED) is 0.740. The molecule has 1 saturated heterocycles. The number of halogens is 3. The van der Waals surface area contributed by atoms with Crippen molar-refractivity contribution in [3.05, 3.63) is 28.2 Å². The van der Waals surface area contributed by atoms with Crippen molar-refractivity contribution < 1.29 is 13.6 Å². The van der Waals surface area contributed by atoms with Gasteiger partial charge in [0.2, 0.25) is 11.9 Å². The number of likely N-dealkylation sites (tertiary alicyclic amines) is 1. The molecule has 104 valence electrons. The zero-order valence-corrected chi connectivity index (χ0v) is 12.4. The summed E-state index contributed by atoms with van der Waals surface area (Å²) in [5.74, 6) is -1.34. The number of aromatic nitrogens is 1. The molecule has 0 aliphatic carbocycles. The lowest BCUT2D eigenvalue weighted by atomic mass is 9.79. The molecule has 1 fully saturated rings. The Morgan fingerprint density at radius 3 is 2.89 bits per heavy atom. The highest BCUT2D eigenvalue weighted by atomic mass is 79.9. The summed E-state index contributed by atoms with van der Waals surface area (Å²) in [6, 6.07) is 1.43. The Morgan fingerprint density at radius 1 is 1.63 bits per heavy atom. The van der Waals surface area contributed by atoms with Crippen LogP contribution in [-0.2, 0) is 10.5 Å². The van der Waals surface area contributed by atoms with E-state index in [2.05, 4.69) is 20.9 Å². The zero-order valence-electron chi connectivity index (χ0n) is 10.8. The minimum atomic E-state index is -1.78. The molecular formula is C13H15BrF2N2O. The molecule has 1 amide bonds. The van der Waals surface area contributed by atoms with Crippen LogP contribution in [0.2, 0.25) is 0 Å². The first-order chi connectivity index (χ1) is 8.84. The third-order valence-electron chi connectivity index (χ3n) is 3.72. The number of hydrogen-bond acceptors (Lipinski definition) is 2. The van der Waals surface area contributed by atoms with Crippen molar-refractivity contribution in [2.24, 2.45) is 5.92 Å². The van der Waals surface area contributed by atoms with E-state index in [1.165, 1.54) is 19.2 Å². The highest BCUT2D eigenvalue weighted by molar-refractivity contribution is 9.10. The molecule has 2 rings (SSSR count). The molecule has 0 unspecified atom stereocenters. The minimum absolute atomic E-state index is 0.0300. The van der Waals surface area contributed by atoms with E-state index in [0.29, 0.717) is 11.0 Å².